The first-order chi connectivity index (χ1) is 11.8. The van der Waals surface area contributed by atoms with E-state index in [1.165, 1.54) is 35.5 Å². The molecule has 0 radical (unpaired) electrons. The van der Waals surface area contributed by atoms with Crippen LogP contribution in [0, 0.1) is 0 Å². The second-order valence-corrected chi connectivity index (χ2v) is 6.00. The van der Waals surface area contributed by atoms with Gasteiger partial charge < -0.3 is 9.88 Å². The molecule has 25 heavy (non-hydrogen) atoms. The van der Waals surface area contributed by atoms with Crippen LogP contribution < -0.4 is 16.6 Å². The molecule has 1 aromatic carbocycles. The summed E-state index contributed by atoms with van der Waals surface area (Å²) >= 11 is 0. The summed E-state index contributed by atoms with van der Waals surface area (Å²) in [5.74, 6) is -0.303. The molecule has 6 heteroatoms. The van der Waals surface area contributed by atoms with Crippen LogP contribution in [0.15, 0.2) is 46.1 Å². The van der Waals surface area contributed by atoms with Gasteiger partial charge in [-0.05, 0) is 30.5 Å². The van der Waals surface area contributed by atoms with Crippen molar-refractivity contribution in [3.05, 3.63) is 74.1 Å². The summed E-state index contributed by atoms with van der Waals surface area (Å²) in [6, 6.07) is 7.93. The van der Waals surface area contributed by atoms with Gasteiger partial charge in [0.25, 0.3) is 5.56 Å². The number of hydrogen-bond acceptors (Lipinski definition) is 3. The lowest BCUT2D eigenvalue weighted by Crippen LogP contribution is -2.37. The van der Waals surface area contributed by atoms with E-state index >= 15 is 0 Å². The second kappa shape index (κ2) is 7.79. The maximum absolute atomic E-state index is 12.1. The lowest BCUT2D eigenvalue weighted by molar-refractivity contribution is -0.117. The van der Waals surface area contributed by atoms with Gasteiger partial charge in [-0.1, -0.05) is 31.2 Å². The van der Waals surface area contributed by atoms with Crippen molar-refractivity contribution >= 4 is 12.0 Å². The van der Waals surface area contributed by atoms with E-state index in [-0.39, 0.29) is 17.5 Å². The Morgan fingerprint density at radius 3 is 2.44 bits per heavy atom. The number of nitrogens with one attached hydrogen (secondary N) is 1. The van der Waals surface area contributed by atoms with Gasteiger partial charge in [-0.2, -0.15) is 0 Å². The summed E-state index contributed by atoms with van der Waals surface area (Å²) in [7, 11) is 2.96. The third kappa shape index (κ3) is 4.35. The highest BCUT2D eigenvalue weighted by molar-refractivity contribution is 5.91. The first kappa shape index (κ1) is 18.4. The molecule has 1 aromatic heterocycles. The van der Waals surface area contributed by atoms with Crippen molar-refractivity contribution in [3.8, 4) is 0 Å². The number of nitrogens with zero attached hydrogens (tertiary/aromatic N) is 2. The fraction of sp³-hybridized carbons (Fsp3) is 0.316. The molecular weight excluding hydrogens is 318 g/mol. The van der Waals surface area contributed by atoms with Crippen molar-refractivity contribution in [2.75, 3.05) is 0 Å². The molecule has 1 heterocycles. The van der Waals surface area contributed by atoms with Crippen LogP contribution in [0.3, 0.4) is 0 Å². The van der Waals surface area contributed by atoms with Crippen LogP contribution in [0.1, 0.15) is 36.6 Å². The van der Waals surface area contributed by atoms with Crippen LogP contribution in [0.25, 0.3) is 6.08 Å². The standard InChI is InChI=1S/C19H23N3O3/c1-5-14-6-8-15(9-7-14)13(2)20-17(23)11-10-16-12-21(3)19(25)22(4)18(16)24/h6-13H,5H2,1-4H3,(H,20,23)/b11-10+. The molecule has 0 bridgehead atoms. The fourth-order valence-corrected chi connectivity index (χ4v) is 2.50. The smallest absolute Gasteiger partial charge is 0.330 e. The van der Waals surface area contributed by atoms with Gasteiger partial charge in [0, 0.05) is 26.4 Å². The van der Waals surface area contributed by atoms with E-state index in [1.54, 1.807) is 7.05 Å². The molecule has 1 N–H and O–H groups in total. The van der Waals surface area contributed by atoms with Gasteiger partial charge in [-0.3, -0.25) is 14.2 Å². The third-order valence-electron chi connectivity index (χ3n) is 4.13. The largest absolute Gasteiger partial charge is 0.346 e. The number of hydrogen-bond donors (Lipinski definition) is 1. The molecule has 132 valence electrons. The van der Waals surface area contributed by atoms with Gasteiger partial charge in [-0.25, -0.2) is 4.79 Å². The number of benzene rings is 1. The van der Waals surface area contributed by atoms with E-state index in [9.17, 15) is 14.4 Å². The third-order valence-corrected chi connectivity index (χ3v) is 4.13. The molecule has 0 spiro atoms. The number of amides is 1. The Balaban J connectivity index is 2.10. The van der Waals surface area contributed by atoms with Crippen LogP contribution in [0.2, 0.25) is 0 Å². The Morgan fingerprint density at radius 1 is 1.20 bits per heavy atom. The molecule has 2 aromatic rings. The normalized spacial score (nSPS) is 12.3. The number of aryl methyl sites for hydroxylation is 2. The van der Waals surface area contributed by atoms with Crippen molar-refractivity contribution in [2.45, 2.75) is 26.3 Å². The molecule has 6 nitrogen and oxygen atoms in total. The van der Waals surface area contributed by atoms with Crippen molar-refractivity contribution in [3.63, 3.8) is 0 Å². The Morgan fingerprint density at radius 2 is 1.84 bits per heavy atom. The number of carbonyl (C=O) groups excluding carboxylic acids is 1. The molecule has 1 amide bonds. The average molecular weight is 341 g/mol. The van der Waals surface area contributed by atoms with E-state index in [2.05, 4.69) is 12.2 Å². The van der Waals surface area contributed by atoms with Crippen molar-refractivity contribution in [1.29, 1.82) is 0 Å². The lowest BCUT2D eigenvalue weighted by atomic mass is 10.0. The maximum Gasteiger partial charge on any atom is 0.330 e. The Hall–Kier alpha value is -2.89. The summed E-state index contributed by atoms with van der Waals surface area (Å²) < 4.78 is 2.31. The molecule has 0 aliphatic rings. The van der Waals surface area contributed by atoms with E-state index < -0.39 is 11.2 Å². The molecule has 0 aliphatic carbocycles. The van der Waals surface area contributed by atoms with Gasteiger partial charge in [0.05, 0.1) is 11.6 Å². The van der Waals surface area contributed by atoms with Crippen LogP contribution in [0.4, 0.5) is 0 Å². The van der Waals surface area contributed by atoms with E-state index in [0.717, 1.165) is 16.6 Å². The van der Waals surface area contributed by atoms with Gasteiger partial charge in [0.2, 0.25) is 5.91 Å². The molecule has 1 atom stereocenters. The van der Waals surface area contributed by atoms with E-state index in [1.807, 2.05) is 31.2 Å². The van der Waals surface area contributed by atoms with Crippen LogP contribution in [-0.4, -0.2) is 15.0 Å². The van der Waals surface area contributed by atoms with E-state index in [0.29, 0.717) is 0 Å². The van der Waals surface area contributed by atoms with Gasteiger partial charge in [0.15, 0.2) is 0 Å². The molecule has 0 saturated heterocycles. The molecule has 0 saturated carbocycles. The zero-order valence-corrected chi connectivity index (χ0v) is 14.9. The second-order valence-electron chi connectivity index (χ2n) is 6.00. The van der Waals surface area contributed by atoms with Gasteiger partial charge >= 0.3 is 5.69 Å². The highest BCUT2D eigenvalue weighted by Gasteiger charge is 2.08. The SMILES string of the molecule is CCc1ccc(C(C)NC(=O)/C=C/c2cn(C)c(=O)n(C)c2=O)cc1. The van der Waals surface area contributed by atoms with Gasteiger partial charge in [0.1, 0.15) is 0 Å². The molecular formula is C19H23N3O3. The summed E-state index contributed by atoms with van der Waals surface area (Å²) in [6.45, 7) is 3.99. The van der Waals surface area contributed by atoms with Crippen molar-refractivity contribution < 1.29 is 4.79 Å². The minimum absolute atomic E-state index is 0.147. The molecule has 0 fully saturated rings. The summed E-state index contributed by atoms with van der Waals surface area (Å²) in [5.41, 5.74) is 1.69. The topological polar surface area (TPSA) is 73.1 Å². The molecule has 0 aliphatic heterocycles. The van der Waals surface area contributed by atoms with Crippen molar-refractivity contribution in [2.24, 2.45) is 14.1 Å². The minimum atomic E-state index is -0.435. The zero-order chi connectivity index (χ0) is 18.6. The maximum atomic E-state index is 12.1. The highest BCUT2D eigenvalue weighted by atomic mass is 16.2. The van der Waals surface area contributed by atoms with Crippen molar-refractivity contribution in [1.82, 2.24) is 14.5 Å². The van der Waals surface area contributed by atoms with Gasteiger partial charge in [-0.15, -0.1) is 0 Å². The molecule has 2 rings (SSSR count). The average Bonchev–Trinajstić information content (AvgIpc) is 2.61. The van der Waals surface area contributed by atoms with E-state index in [4.69, 9.17) is 0 Å². The predicted molar refractivity (Wildman–Crippen MR) is 98.3 cm³/mol. The number of aromatic nitrogens is 2. The number of rotatable bonds is 5. The minimum Gasteiger partial charge on any atom is -0.346 e. The van der Waals surface area contributed by atoms with Crippen LogP contribution in [0.5, 0.6) is 0 Å². The molecule has 1 unspecified atom stereocenters. The van der Waals surface area contributed by atoms with Crippen LogP contribution >= 0.6 is 0 Å². The first-order valence-corrected chi connectivity index (χ1v) is 8.17. The lowest BCUT2D eigenvalue weighted by Gasteiger charge is -2.13. The van der Waals surface area contributed by atoms with Crippen LogP contribution in [-0.2, 0) is 25.3 Å². The first-order valence-electron chi connectivity index (χ1n) is 8.17. The highest BCUT2D eigenvalue weighted by Crippen LogP contribution is 2.13. The quantitative estimate of drug-likeness (QED) is 0.839. The Bertz CT molecular complexity index is 905. The predicted octanol–water partition coefficient (Wildman–Crippen LogP) is 1.54. The zero-order valence-electron chi connectivity index (χ0n) is 14.9. The summed E-state index contributed by atoms with van der Waals surface area (Å²) in [5, 5.41) is 2.86. The fourth-order valence-electron chi connectivity index (χ4n) is 2.50. The Labute approximate surface area is 146 Å². The monoisotopic (exact) mass is 341 g/mol. The number of carbonyl (C=O) groups is 1. The summed E-state index contributed by atoms with van der Waals surface area (Å²) in [4.78, 5) is 35.8. The Kier molecular flexibility index (Phi) is 5.75. The summed E-state index contributed by atoms with van der Waals surface area (Å²) in [6.07, 6.45) is 5.11.